The van der Waals surface area contributed by atoms with E-state index in [-0.39, 0.29) is 11.9 Å². The summed E-state index contributed by atoms with van der Waals surface area (Å²) in [7, 11) is 1.32. The molecule has 1 amide bonds. The summed E-state index contributed by atoms with van der Waals surface area (Å²) in [6.45, 7) is 0. The van der Waals surface area contributed by atoms with Gasteiger partial charge in [-0.1, -0.05) is 11.6 Å². The van der Waals surface area contributed by atoms with Crippen LogP contribution in [0.25, 0.3) is 0 Å². The summed E-state index contributed by atoms with van der Waals surface area (Å²) in [5.41, 5.74) is 0.673. The summed E-state index contributed by atoms with van der Waals surface area (Å²) < 4.78 is 4.70. The number of halogens is 1. The predicted octanol–water partition coefficient (Wildman–Crippen LogP) is 2.01. The molecule has 1 fully saturated rings. The first-order valence-corrected chi connectivity index (χ1v) is 5.66. The number of hydrogen-bond donors (Lipinski definition) is 0. The van der Waals surface area contributed by atoms with Gasteiger partial charge in [-0.15, -0.1) is 0 Å². The first-order valence-electron chi connectivity index (χ1n) is 5.29. The second-order valence-corrected chi connectivity index (χ2v) is 4.25. The second kappa shape index (κ2) is 4.75. The molecule has 0 radical (unpaired) electrons. The summed E-state index contributed by atoms with van der Waals surface area (Å²) in [6, 6.07) is 6.31. The molecule has 1 aromatic carbocycles. The molecule has 0 aliphatic carbocycles. The molecule has 0 N–H and O–H groups in total. The number of amides is 1. The molecule has 1 aliphatic rings. The van der Waals surface area contributed by atoms with E-state index >= 15 is 0 Å². The van der Waals surface area contributed by atoms with Gasteiger partial charge in [0.2, 0.25) is 5.91 Å². The van der Waals surface area contributed by atoms with Crippen LogP contribution in [0.4, 0.5) is 5.69 Å². The lowest BCUT2D eigenvalue weighted by Crippen LogP contribution is -2.39. The van der Waals surface area contributed by atoms with Gasteiger partial charge in [0, 0.05) is 17.1 Å². The summed E-state index contributed by atoms with van der Waals surface area (Å²) in [5, 5.41) is 0.593. The Hall–Kier alpha value is -1.55. The molecule has 0 spiro atoms. The molecule has 0 unspecified atom stereocenters. The Morgan fingerprint density at radius 2 is 2.06 bits per heavy atom. The van der Waals surface area contributed by atoms with Crippen LogP contribution in [-0.4, -0.2) is 25.0 Å². The van der Waals surface area contributed by atoms with Crippen LogP contribution in [0.5, 0.6) is 0 Å². The SMILES string of the molecule is COC(=O)[C@@H]1CCC(=O)N1c1ccc(Cl)cc1. The van der Waals surface area contributed by atoms with Crippen LogP contribution in [0.2, 0.25) is 5.02 Å². The highest BCUT2D eigenvalue weighted by Gasteiger charge is 2.37. The molecule has 1 aromatic rings. The molecular formula is C12H12ClNO3. The maximum Gasteiger partial charge on any atom is 0.328 e. The Labute approximate surface area is 104 Å². The fourth-order valence-corrected chi connectivity index (χ4v) is 2.09. The number of carbonyl (C=O) groups is 2. The number of ether oxygens (including phenoxy) is 1. The molecule has 2 rings (SSSR count). The van der Waals surface area contributed by atoms with E-state index in [0.29, 0.717) is 23.6 Å². The van der Waals surface area contributed by atoms with Crippen LogP contribution >= 0.6 is 11.6 Å². The van der Waals surface area contributed by atoms with Gasteiger partial charge in [0.05, 0.1) is 7.11 Å². The van der Waals surface area contributed by atoms with Crippen molar-refractivity contribution in [3.05, 3.63) is 29.3 Å². The van der Waals surface area contributed by atoms with E-state index in [1.54, 1.807) is 24.3 Å². The molecule has 0 saturated carbocycles. The summed E-state index contributed by atoms with van der Waals surface area (Å²) in [5.74, 6) is -0.450. The topological polar surface area (TPSA) is 46.6 Å². The molecule has 0 bridgehead atoms. The number of rotatable bonds is 2. The Balaban J connectivity index is 2.30. The summed E-state index contributed by atoms with van der Waals surface area (Å²) >= 11 is 5.79. The van der Waals surface area contributed by atoms with Gasteiger partial charge in [-0.3, -0.25) is 9.69 Å². The molecule has 4 nitrogen and oxygen atoms in total. The molecule has 0 aromatic heterocycles. The minimum atomic E-state index is -0.520. The van der Waals surface area contributed by atoms with Gasteiger partial charge in [0.15, 0.2) is 0 Å². The van der Waals surface area contributed by atoms with Crippen LogP contribution in [0.3, 0.4) is 0 Å². The summed E-state index contributed by atoms with van der Waals surface area (Å²) in [4.78, 5) is 24.8. The molecule has 5 heteroatoms. The first kappa shape index (κ1) is 11.9. The number of carbonyl (C=O) groups excluding carboxylic acids is 2. The van der Waals surface area contributed by atoms with E-state index in [1.165, 1.54) is 12.0 Å². The third-order valence-corrected chi connectivity index (χ3v) is 3.04. The van der Waals surface area contributed by atoms with Gasteiger partial charge in [-0.05, 0) is 30.7 Å². The van der Waals surface area contributed by atoms with Crippen LogP contribution < -0.4 is 4.90 Å². The zero-order valence-electron chi connectivity index (χ0n) is 9.35. The van der Waals surface area contributed by atoms with E-state index < -0.39 is 6.04 Å². The van der Waals surface area contributed by atoms with Crippen molar-refractivity contribution in [2.24, 2.45) is 0 Å². The second-order valence-electron chi connectivity index (χ2n) is 3.82. The van der Waals surface area contributed by atoms with Crippen molar-refractivity contribution >= 4 is 29.2 Å². The average molecular weight is 254 g/mol. The van der Waals surface area contributed by atoms with E-state index in [0.717, 1.165) is 0 Å². The van der Waals surface area contributed by atoms with Crippen molar-refractivity contribution in [2.45, 2.75) is 18.9 Å². The van der Waals surface area contributed by atoms with Crippen molar-refractivity contribution in [3.8, 4) is 0 Å². The van der Waals surface area contributed by atoms with E-state index in [1.807, 2.05) is 0 Å². The van der Waals surface area contributed by atoms with Crippen molar-refractivity contribution in [1.82, 2.24) is 0 Å². The third kappa shape index (κ3) is 2.26. The van der Waals surface area contributed by atoms with Gasteiger partial charge in [0.1, 0.15) is 6.04 Å². The van der Waals surface area contributed by atoms with Gasteiger partial charge in [0.25, 0.3) is 0 Å². The van der Waals surface area contributed by atoms with Crippen LogP contribution in [0, 0.1) is 0 Å². The highest BCUT2D eigenvalue weighted by molar-refractivity contribution is 6.30. The molecule has 1 aliphatic heterocycles. The molecule has 90 valence electrons. The highest BCUT2D eigenvalue weighted by Crippen LogP contribution is 2.28. The highest BCUT2D eigenvalue weighted by atomic mass is 35.5. The Morgan fingerprint density at radius 3 is 2.65 bits per heavy atom. The lowest BCUT2D eigenvalue weighted by molar-refractivity contribution is -0.142. The standard InChI is InChI=1S/C12H12ClNO3/c1-17-12(16)10-6-7-11(15)14(10)9-4-2-8(13)3-5-9/h2-5,10H,6-7H2,1H3/t10-/m0/s1. The van der Waals surface area contributed by atoms with Gasteiger partial charge in [-0.25, -0.2) is 4.79 Å². The normalized spacial score (nSPS) is 19.5. The van der Waals surface area contributed by atoms with Crippen molar-refractivity contribution in [1.29, 1.82) is 0 Å². The predicted molar refractivity (Wildman–Crippen MR) is 64.0 cm³/mol. The number of hydrogen-bond acceptors (Lipinski definition) is 3. The van der Waals surface area contributed by atoms with Gasteiger partial charge in [-0.2, -0.15) is 0 Å². The Kier molecular flexibility index (Phi) is 3.33. The minimum absolute atomic E-state index is 0.0669. The van der Waals surface area contributed by atoms with Crippen LogP contribution in [-0.2, 0) is 14.3 Å². The van der Waals surface area contributed by atoms with E-state index in [9.17, 15) is 9.59 Å². The smallest absolute Gasteiger partial charge is 0.328 e. The lowest BCUT2D eigenvalue weighted by atomic mass is 10.2. The number of nitrogens with zero attached hydrogens (tertiary/aromatic N) is 1. The minimum Gasteiger partial charge on any atom is -0.467 e. The molecule has 17 heavy (non-hydrogen) atoms. The number of methoxy groups -OCH3 is 1. The van der Waals surface area contributed by atoms with Crippen LogP contribution in [0.15, 0.2) is 24.3 Å². The molecule has 1 heterocycles. The van der Waals surface area contributed by atoms with Crippen molar-refractivity contribution in [3.63, 3.8) is 0 Å². The number of anilines is 1. The van der Waals surface area contributed by atoms with Crippen molar-refractivity contribution in [2.75, 3.05) is 12.0 Å². The largest absolute Gasteiger partial charge is 0.467 e. The third-order valence-electron chi connectivity index (χ3n) is 2.79. The van der Waals surface area contributed by atoms with Crippen molar-refractivity contribution < 1.29 is 14.3 Å². The van der Waals surface area contributed by atoms with Gasteiger partial charge >= 0.3 is 5.97 Å². The zero-order valence-corrected chi connectivity index (χ0v) is 10.1. The van der Waals surface area contributed by atoms with E-state index in [4.69, 9.17) is 16.3 Å². The molecule has 1 saturated heterocycles. The first-order chi connectivity index (χ1) is 8.13. The monoisotopic (exact) mass is 253 g/mol. The fourth-order valence-electron chi connectivity index (χ4n) is 1.97. The van der Waals surface area contributed by atoms with Crippen LogP contribution in [0.1, 0.15) is 12.8 Å². The molecule has 1 atom stereocenters. The Morgan fingerprint density at radius 1 is 1.41 bits per heavy atom. The van der Waals surface area contributed by atoms with Gasteiger partial charge < -0.3 is 4.74 Å². The maximum atomic E-state index is 11.8. The fraction of sp³-hybridized carbons (Fsp3) is 0.333. The number of benzene rings is 1. The lowest BCUT2D eigenvalue weighted by Gasteiger charge is -2.22. The average Bonchev–Trinajstić information content (AvgIpc) is 2.71. The molecular weight excluding hydrogens is 242 g/mol. The van der Waals surface area contributed by atoms with E-state index in [2.05, 4.69) is 0 Å². The zero-order chi connectivity index (χ0) is 12.4. The summed E-state index contributed by atoms with van der Waals surface area (Å²) in [6.07, 6.45) is 0.858. The number of esters is 1. The Bertz CT molecular complexity index is 444. The maximum absolute atomic E-state index is 11.8. The quantitative estimate of drug-likeness (QED) is 0.758.